The molecule has 4 aliphatic heterocycles. The van der Waals surface area contributed by atoms with Gasteiger partial charge in [-0.15, -0.1) is 25.3 Å². The summed E-state index contributed by atoms with van der Waals surface area (Å²) in [5.74, 6) is -6.04. The average Bonchev–Trinajstić information content (AvgIpc) is 1.61. The lowest BCUT2D eigenvalue weighted by Gasteiger charge is -2.35. The largest absolute Gasteiger partial charge is 0.461 e. The number of ketones is 2. The van der Waals surface area contributed by atoms with Gasteiger partial charge < -0.3 is 85.2 Å². The number of amides is 7. The van der Waals surface area contributed by atoms with Crippen LogP contribution in [0.15, 0.2) is 85.1 Å². The van der Waals surface area contributed by atoms with Gasteiger partial charge in [-0.1, -0.05) is 44.7 Å². The van der Waals surface area contributed by atoms with Crippen LogP contribution in [0.5, 0.6) is 11.5 Å². The molecule has 39 nitrogen and oxygen atoms in total. The molecule has 2 saturated heterocycles. The van der Waals surface area contributed by atoms with Crippen LogP contribution in [0.2, 0.25) is 0 Å². The van der Waals surface area contributed by atoms with Gasteiger partial charge in [0.2, 0.25) is 36.2 Å². The molecule has 0 aliphatic carbocycles. The molecule has 0 saturated carbocycles. The second-order valence-electron chi connectivity index (χ2n) is 25.5. The molecule has 0 aromatic heterocycles. The molecule has 2 fully saturated rings. The van der Waals surface area contributed by atoms with Gasteiger partial charge in [0.25, 0.3) is 17.7 Å². The SMILES string of the molecule is C=C1C=CC(=O)N1CCC(=O)C[C@@H](C)C(=O)NCCC(=O)Nc1cc(/C=C/COC(=O)C(C)(C)C)ccc1O[C@@H]1OC[C@@H](O)[C@H](O)[C@H]1O.C[C@H](CC(=O)CN1C(=O)C=CC1=O)C(=O)NCCC(=O)Nc1cc(/C=C/COC(=O)C(C)(C)C)ccc1O[C@@H]1OC[C@@H](O)[C@H](O)[C@H]1O.O=C=O.O=C=O.O=S(=O)=O.O=S(=O)=O. The van der Waals surface area contributed by atoms with Crippen LogP contribution in [0.4, 0.5) is 11.4 Å². The van der Waals surface area contributed by atoms with Gasteiger partial charge in [-0.2, -0.15) is 19.2 Å². The van der Waals surface area contributed by atoms with Crippen molar-refractivity contribution in [3.63, 3.8) is 0 Å². The zero-order valence-electron chi connectivity index (χ0n) is 60.2. The number of aliphatic hydroxyl groups excluding tert-OH is 6. The van der Waals surface area contributed by atoms with Crippen LogP contribution in [0.3, 0.4) is 0 Å². The second kappa shape index (κ2) is 48.5. The molecule has 4 heterocycles. The molecule has 0 bridgehead atoms. The Hall–Kier alpha value is -10.8. The second-order valence-corrected chi connectivity index (χ2v) is 26.3. The number of imide groups is 1. The maximum Gasteiger partial charge on any atom is 0.425 e. The van der Waals surface area contributed by atoms with Crippen LogP contribution in [0.1, 0.15) is 98.6 Å². The third-order valence-corrected chi connectivity index (χ3v) is 14.6. The smallest absolute Gasteiger partial charge is 0.425 e. The van der Waals surface area contributed by atoms with E-state index in [2.05, 4.69) is 27.8 Å². The molecule has 0 spiro atoms. The van der Waals surface area contributed by atoms with E-state index < -0.39 is 141 Å². The average molecular weight is 1580 g/mol. The third-order valence-electron chi connectivity index (χ3n) is 14.6. The Kier molecular flexibility index (Phi) is 42.8. The van der Waals surface area contributed by atoms with Gasteiger partial charge in [0.1, 0.15) is 67.1 Å². The lowest BCUT2D eigenvalue weighted by atomic mass is 9.97. The lowest BCUT2D eigenvalue weighted by Crippen LogP contribution is -2.54. The zero-order chi connectivity index (χ0) is 83.1. The number of allylic oxidation sites excluding steroid dienone is 1. The molecule has 0 radical (unpaired) electrons. The molecule has 10 N–H and O–H groups in total. The first-order valence-corrected chi connectivity index (χ1v) is 34.5. The van der Waals surface area contributed by atoms with Crippen molar-refractivity contribution in [2.75, 3.05) is 63.2 Å². The standard InChI is InChI=1S/C34H45N3O11.C32H41N3O12.2CO2.2O3S/c1-20(17-23(38)13-15-37-21(2)8-11-28(37)41)31(44)35-14-12-27(40)36-24-18-22(7-6-16-46-33(45)34(3,4)5)9-10-26(24)48-32-30(43)29(42)25(39)19-47-32;1-18(14-20(36)16-35-25(39)9-10-26(35)40)29(43)33-12-11-24(38)34-21-15-19(6-5-13-45-31(44)32(2,3)4)7-8-23(21)47-30-28(42)27(41)22(37)17-46-30;2*2-1-3;2*1-4(2)3/h6-11,18,20,25,29-30,32,39,42-43H,2,12-17,19H2,1,3-5H3,(H,35,44)(H,36,40);5-10,15,18,22,27-28,30,37,41-42H,11-14,16-17H2,1-4H3,(H,33,43)(H,34,38);;;;/b7-6+;6-5+;;;;/t20-,25-,29+,30-,32+;18-,22-,27+,28-,30+;;;;/m11..../s1. The highest BCUT2D eigenvalue weighted by atomic mass is 32.2. The molecule has 2 aromatic carbocycles. The lowest BCUT2D eigenvalue weighted by molar-refractivity contribution is -0.241. The molecule has 109 heavy (non-hydrogen) atoms. The number of ether oxygens (including phenoxy) is 6. The van der Waals surface area contributed by atoms with E-state index >= 15 is 0 Å². The number of rotatable bonds is 29. The number of nitrogens with zero attached hydrogens (tertiary/aromatic N) is 2. The first-order chi connectivity index (χ1) is 50.9. The van der Waals surface area contributed by atoms with Gasteiger partial charge in [-0.3, -0.25) is 57.6 Å². The summed E-state index contributed by atoms with van der Waals surface area (Å²) in [4.78, 5) is 169. The van der Waals surface area contributed by atoms with Gasteiger partial charge >= 0.3 is 45.5 Å². The van der Waals surface area contributed by atoms with Gasteiger partial charge in [-0.25, -0.2) is 0 Å². The summed E-state index contributed by atoms with van der Waals surface area (Å²) in [5, 5.41) is 70.8. The van der Waals surface area contributed by atoms with E-state index in [-0.39, 0.29) is 137 Å². The fraction of sp³-hybridized carbons (Fsp3) is 0.485. The summed E-state index contributed by atoms with van der Waals surface area (Å²) in [5.41, 5.74) is 0.723. The normalized spacial score (nSPS) is 19.6. The summed E-state index contributed by atoms with van der Waals surface area (Å²) >= 11 is 0. The van der Waals surface area contributed by atoms with Crippen molar-refractivity contribution >= 4 is 122 Å². The number of esters is 2. The number of Topliss-reactive ketones (excluding diaryl/α,β-unsaturated/α-hetero) is 2. The number of anilines is 2. The van der Waals surface area contributed by atoms with Gasteiger partial charge in [0.05, 0.1) is 42.0 Å². The van der Waals surface area contributed by atoms with Crippen LogP contribution >= 0.6 is 0 Å². The van der Waals surface area contributed by atoms with E-state index in [9.17, 15) is 83.4 Å². The first-order valence-electron chi connectivity index (χ1n) is 32.5. The number of nitrogens with one attached hydrogen (secondary N) is 4. The highest BCUT2D eigenvalue weighted by Gasteiger charge is 2.41. The highest BCUT2D eigenvalue weighted by molar-refractivity contribution is 7.59. The molecule has 0 unspecified atom stereocenters. The summed E-state index contributed by atoms with van der Waals surface area (Å²) in [7, 11) is -6.22. The minimum absolute atomic E-state index is 0.00774. The molecular weight excluding hydrogens is 1490 g/mol. The predicted octanol–water partition coefficient (Wildman–Crippen LogP) is -1.65. The maximum absolute atomic E-state index is 12.9. The van der Waals surface area contributed by atoms with Crippen LogP contribution < -0.4 is 30.7 Å². The molecule has 7 amide bonds. The van der Waals surface area contributed by atoms with E-state index in [0.717, 1.165) is 17.1 Å². The van der Waals surface area contributed by atoms with Crippen molar-refractivity contribution in [2.24, 2.45) is 22.7 Å². The summed E-state index contributed by atoms with van der Waals surface area (Å²) < 4.78 is 83.3. The number of carbonyl (C=O) groups is 11. The van der Waals surface area contributed by atoms with E-state index in [1.807, 2.05) is 0 Å². The van der Waals surface area contributed by atoms with Crippen LogP contribution in [-0.2, 0) is 112 Å². The Labute approximate surface area is 626 Å². The Morgan fingerprint density at radius 1 is 0.560 bits per heavy atom. The Bertz CT molecular complexity index is 3900. The molecule has 598 valence electrons. The van der Waals surface area contributed by atoms with Crippen LogP contribution in [-0.4, -0.2) is 245 Å². The third kappa shape index (κ3) is 37.0. The van der Waals surface area contributed by atoms with Crippen molar-refractivity contribution in [1.29, 1.82) is 0 Å². The fourth-order valence-electron chi connectivity index (χ4n) is 8.92. The molecule has 4 aliphatic rings. The fourth-order valence-corrected chi connectivity index (χ4v) is 8.92. The highest BCUT2D eigenvalue weighted by Crippen LogP contribution is 2.32. The van der Waals surface area contributed by atoms with Crippen molar-refractivity contribution in [1.82, 2.24) is 20.4 Å². The van der Waals surface area contributed by atoms with Crippen LogP contribution in [0.25, 0.3) is 12.2 Å². The van der Waals surface area contributed by atoms with Gasteiger partial charge in [0, 0.05) is 87.5 Å². The number of benzene rings is 2. The number of hydrogen-bond donors (Lipinski definition) is 10. The number of carbonyl (C=O) groups excluding carboxylic acids is 15. The van der Waals surface area contributed by atoms with E-state index in [1.54, 1.807) is 103 Å². The summed E-state index contributed by atoms with van der Waals surface area (Å²) in [6, 6.07) is 9.39. The van der Waals surface area contributed by atoms with Crippen molar-refractivity contribution in [2.45, 2.75) is 137 Å². The quantitative estimate of drug-likeness (QED) is 0.0322. The predicted molar refractivity (Wildman–Crippen MR) is 369 cm³/mol. The molecule has 41 heteroatoms. The Morgan fingerprint density at radius 3 is 1.26 bits per heavy atom. The minimum atomic E-state index is -3.11. The van der Waals surface area contributed by atoms with E-state index in [0.29, 0.717) is 16.8 Å². The Morgan fingerprint density at radius 2 is 0.908 bits per heavy atom. The summed E-state index contributed by atoms with van der Waals surface area (Å²) in [6.45, 7) is 16.3. The summed E-state index contributed by atoms with van der Waals surface area (Å²) in [6.07, 6.45) is 0.162. The van der Waals surface area contributed by atoms with Crippen molar-refractivity contribution in [3.05, 3.63) is 96.3 Å². The first kappa shape index (κ1) is 96.2. The van der Waals surface area contributed by atoms with Crippen molar-refractivity contribution < 1.29 is 156 Å². The maximum atomic E-state index is 12.9. The van der Waals surface area contributed by atoms with Gasteiger partial charge in [-0.05, 0) is 95.2 Å². The molecule has 6 rings (SSSR count). The zero-order valence-corrected chi connectivity index (χ0v) is 61.8. The minimum Gasteiger partial charge on any atom is -0.461 e. The van der Waals surface area contributed by atoms with Crippen molar-refractivity contribution in [3.8, 4) is 11.5 Å². The molecule has 10 atom stereocenters. The van der Waals surface area contributed by atoms with E-state index in [1.165, 1.54) is 30.0 Å². The Balaban J connectivity index is 0.000000929. The topological polar surface area (TPSA) is 590 Å². The van der Waals surface area contributed by atoms with Crippen LogP contribution in [0, 0.1) is 22.7 Å². The number of aliphatic hydroxyl groups is 6. The molecule has 2 aromatic rings. The van der Waals surface area contributed by atoms with Gasteiger partial charge in [0.15, 0.2) is 5.78 Å². The molecular formula is C68H86N6O33S2. The monoisotopic (exact) mass is 1580 g/mol. The van der Waals surface area contributed by atoms with E-state index in [4.69, 9.17) is 72.9 Å². The number of hydrogen-bond acceptors (Lipinski definition) is 33.